The zero-order valence-corrected chi connectivity index (χ0v) is 29.5. The Labute approximate surface area is 287 Å². The Morgan fingerprint density at radius 2 is 1.84 bits per heavy atom. The number of ether oxygens (including phenoxy) is 2. The molecule has 0 spiro atoms. The fraction of sp³-hybridized carbons (Fsp3) is 0.500. The lowest BCUT2D eigenvalue weighted by Gasteiger charge is -2.36. The summed E-state index contributed by atoms with van der Waals surface area (Å²) in [6.45, 7) is 15.1. The molecule has 1 aromatic carbocycles. The van der Waals surface area contributed by atoms with E-state index in [0.29, 0.717) is 35.2 Å². The zero-order chi connectivity index (χ0) is 35.0. The highest BCUT2D eigenvalue weighted by molar-refractivity contribution is 6.01. The van der Waals surface area contributed by atoms with Gasteiger partial charge in [-0.3, -0.25) is 9.69 Å². The minimum absolute atomic E-state index is 0.207. The Balaban J connectivity index is 0.000000778. The molecule has 262 valence electrons. The minimum Gasteiger partial charge on any atom is -0.490 e. The summed E-state index contributed by atoms with van der Waals surface area (Å²) in [5.41, 5.74) is 6.56. The molecule has 0 amide bonds. The number of fused-ring (bicyclic) bond motifs is 2. The molecule has 3 aromatic heterocycles. The van der Waals surface area contributed by atoms with Crippen molar-refractivity contribution in [2.45, 2.75) is 71.9 Å². The maximum atomic E-state index is 15.5. The molecule has 0 atom stereocenters. The van der Waals surface area contributed by atoms with Crippen LogP contribution in [0.2, 0.25) is 0 Å². The fourth-order valence-electron chi connectivity index (χ4n) is 7.07. The lowest BCUT2D eigenvalue weighted by Crippen LogP contribution is -2.50. The third-order valence-electron chi connectivity index (χ3n) is 9.55. The molecule has 2 saturated heterocycles. The average Bonchev–Trinajstić information content (AvgIpc) is 3.17. The largest absolute Gasteiger partial charge is 0.490 e. The van der Waals surface area contributed by atoms with Gasteiger partial charge in [-0.1, -0.05) is 0 Å². The SMILES string of the molecule is CC(C)(C)O.Cc1nc2c(cc(-c3ccnc(N4CCCN(C5COC5)CC4)c3)n2C)c(-c2cc(F)c3c(c2C)CCCO3)c1CC(=O)O. The predicted octanol–water partition coefficient (Wildman–Crippen LogP) is 5.70. The number of rotatable bonds is 6. The Morgan fingerprint density at radius 3 is 2.53 bits per heavy atom. The molecular weight excluding hydrogens is 625 g/mol. The Hall–Kier alpha value is -4.06. The molecule has 2 N–H and O–H groups in total. The molecule has 7 rings (SSSR count). The number of hydrogen-bond donors (Lipinski definition) is 2. The number of aromatic nitrogens is 3. The number of aliphatic hydroxyl groups is 1. The number of carbonyl (C=O) groups is 1. The average molecular weight is 674 g/mol. The zero-order valence-electron chi connectivity index (χ0n) is 29.5. The number of nitrogens with zero attached hydrogens (tertiary/aromatic N) is 5. The molecule has 0 saturated carbocycles. The first kappa shape index (κ1) is 34.8. The highest BCUT2D eigenvalue weighted by Crippen LogP contribution is 2.43. The highest BCUT2D eigenvalue weighted by atomic mass is 19.1. The van der Waals surface area contributed by atoms with Gasteiger partial charge in [0.15, 0.2) is 11.6 Å². The van der Waals surface area contributed by atoms with E-state index in [1.165, 1.54) is 6.07 Å². The summed E-state index contributed by atoms with van der Waals surface area (Å²) in [6.07, 6.45) is 4.24. The number of carboxylic acids is 1. The van der Waals surface area contributed by atoms with Crippen molar-refractivity contribution in [1.29, 1.82) is 0 Å². The molecule has 2 fully saturated rings. The Morgan fingerprint density at radius 1 is 1.08 bits per heavy atom. The van der Waals surface area contributed by atoms with Gasteiger partial charge in [-0.15, -0.1) is 0 Å². The van der Waals surface area contributed by atoms with Gasteiger partial charge in [0, 0.05) is 61.6 Å². The second-order valence-electron chi connectivity index (χ2n) is 14.4. The lowest BCUT2D eigenvalue weighted by atomic mass is 9.87. The molecule has 10 nitrogen and oxygen atoms in total. The van der Waals surface area contributed by atoms with Crippen LogP contribution in [0.4, 0.5) is 10.2 Å². The lowest BCUT2D eigenvalue weighted by molar-refractivity contribution is -0.136. The maximum Gasteiger partial charge on any atom is 0.307 e. The smallest absolute Gasteiger partial charge is 0.307 e. The number of anilines is 1. The van der Waals surface area contributed by atoms with Crippen molar-refractivity contribution in [3.63, 3.8) is 0 Å². The predicted molar refractivity (Wildman–Crippen MR) is 189 cm³/mol. The highest BCUT2D eigenvalue weighted by Gasteiger charge is 2.29. The molecule has 0 unspecified atom stereocenters. The number of halogens is 1. The van der Waals surface area contributed by atoms with Crippen LogP contribution >= 0.6 is 0 Å². The van der Waals surface area contributed by atoms with E-state index in [-0.39, 0.29) is 6.42 Å². The summed E-state index contributed by atoms with van der Waals surface area (Å²) in [7, 11) is 1.98. The molecular formula is C38H48FN5O5. The van der Waals surface area contributed by atoms with E-state index in [1.54, 1.807) is 20.8 Å². The third-order valence-corrected chi connectivity index (χ3v) is 9.55. The van der Waals surface area contributed by atoms with Gasteiger partial charge in [0.25, 0.3) is 0 Å². The topological polar surface area (TPSA) is 113 Å². The molecule has 0 aliphatic carbocycles. The van der Waals surface area contributed by atoms with Crippen molar-refractivity contribution in [2.24, 2.45) is 7.05 Å². The van der Waals surface area contributed by atoms with E-state index in [0.717, 1.165) is 103 Å². The van der Waals surface area contributed by atoms with E-state index < -0.39 is 17.4 Å². The van der Waals surface area contributed by atoms with Crippen LogP contribution in [-0.4, -0.2) is 93.3 Å². The van der Waals surface area contributed by atoms with E-state index in [2.05, 4.69) is 21.9 Å². The second kappa shape index (κ2) is 14.0. The molecule has 11 heteroatoms. The van der Waals surface area contributed by atoms with Gasteiger partial charge in [-0.2, -0.15) is 0 Å². The van der Waals surface area contributed by atoms with Crippen molar-refractivity contribution in [1.82, 2.24) is 19.4 Å². The number of benzene rings is 1. The monoisotopic (exact) mass is 673 g/mol. The molecule has 0 radical (unpaired) electrons. The summed E-state index contributed by atoms with van der Waals surface area (Å²) in [4.78, 5) is 26.6. The first-order valence-electron chi connectivity index (χ1n) is 17.2. The second-order valence-corrected chi connectivity index (χ2v) is 14.4. The van der Waals surface area contributed by atoms with Crippen molar-refractivity contribution in [3.05, 3.63) is 58.7 Å². The van der Waals surface area contributed by atoms with Gasteiger partial charge in [-0.05, 0) is 100 Å². The van der Waals surface area contributed by atoms with Crippen molar-refractivity contribution < 1.29 is 28.9 Å². The van der Waals surface area contributed by atoms with Gasteiger partial charge >= 0.3 is 5.97 Å². The minimum atomic E-state index is -0.953. The van der Waals surface area contributed by atoms with E-state index in [9.17, 15) is 9.90 Å². The van der Waals surface area contributed by atoms with Crippen molar-refractivity contribution in [2.75, 3.05) is 50.9 Å². The molecule has 6 heterocycles. The Kier molecular flexibility index (Phi) is 9.97. The van der Waals surface area contributed by atoms with Gasteiger partial charge in [0.1, 0.15) is 11.5 Å². The van der Waals surface area contributed by atoms with Crippen molar-refractivity contribution >= 4 is 22.8 Å². The fourth-order valence-corrected chi connectivity index (χ4v) is 7.07. The van der Waals surface area contributed by atoms with Crippen LogP contribution in [0, 0.1) is 19.7 Å². The molecule has 0 bridgehead atoms. The third kappa shape index (κ3) is 7.44. The Bertz CT molecular complexity index is 1860. The number of aliphatic carboxylic acids is 1. The van der Waals surface area contributed by atoms with Crippen LogP contribution in [0.5, 0.6) is 5.75 Å². The molecule has 3 aliphatic rings. The summed E-state index contributed by atoms with van der Waals surface area (Å²) < 4.78 is 28.7. The summed E-state index contributed by atoms with van der Waals surface area (Å²) in [6, 6.07) is 8.23. The van der Waals surface area contributed by atoms with Crippen LogP contribution in [0.3, 0.4) is 0 Å². The van der Waals surface area contributed by atoms with Crippen LogP contribution in [0.1, 0.15) is 56.0 Å². The quantitative estimate of drug-likeness (QED) is 0.266. The van der Waals surface area contributed by atoms with Crippen LogP contribution < -0.4 is 9.64 Å². The normalized spacial score (nSPS) is 17.1. The first-order valence-corrected chi connectivity index (χ1v) is 17.2. The number of carboxylic acid groups (broad SMARTS) is 1. The van der Waals surface area contributed by atoms with Crippen LogP contribution in [0.15, 0.2) is 30.5 Å². The number of pyridine rings is 2. The van der Waals surface area contributed by atoms with Gasteiger partial charge in [-0.25, -0.2) is 14.4 Å². The molecule has 4 aromatic rings. The maximum absolute atomic E-state index is 15.5. The van der Waals surface area contributed by atoms with Gasteiger partial charge in [0.2, 0.25) is 0 Å². The summed E-state index contributed by atoms with van der Waals surface area (Å²) >= 11 is 0. The van der Waals surface area contributed by atoms with E-state index in [4.69, 9.17) is 24.5 Å². The molecule has 3 aliphatic heterocycles. The summed E-state index contributed by atoms with van der Waals surface area (Å²) in [5, 5.41) is 19.2. The van der Waals surface area contributed by atoms with Crippen molar-refractivity contribution in [3.8, 4) is 28.1 Å². The molecule has 49 heavy (non-hydrogen) atoms. The standard InChI is InChI=1S/C34H38FN5O4.C4H10O/c1-20-24-6-4-13-44-33(24)28(35)15-25(20)32-26(17-31(41)42)21(2)37-34-27(32)16-29(38(34)3)22-7-8-36-30(14-22)40-10-5-9-39(11-12-40)23-18-43-19-23;1-4(2,3)5/h7-8,14-16,23H,4-6,9-13,17-19H2,1-3H3,(H,41,42);5H,1-3H3. The summed E-state index contributed by atoms with van der Waals surface area (Å²) in [5.74, 6) is -0.122. The van der Waals surface area contributed by atoms with Crippen LogP contribution in [0.25, 0.3) is 33.4 Å². The number of aryl methyl sites for hydroxylation is 2. The first-order chi connectivity index (χ1) is 23.3. The van der Waals surface area contributed by atoms with E-state index >= 15 is 4.39 Å². The van der Waals surface area contributed by atoms with Crippen LogP contribution in [-0.2, 0) is 29.4 Å². The van der Waals surface area contributed by atoms with E-state index in [1.807, 2.05) is 37.7 Å². The van der Waals surface area contributed by atoms with Gasteiger partial charge in [0.05, 0.1) is 43.6 Å². The van der Waals surface area contributed by atoms with Gasteiger partial charge < -0.3 is 29.2 Å². The number of hydrogen-bond acceptors (Lipinski definition) is 8.